The first-order valence-electron chi connectivity index (χ1n) is 4.19. The van der Waals surface area contributed by atoms with Crippen LogP contribution in [0.25, 0.3) is 0 Å². The number of rotatable bonds is 7. The molecule has 10 nitrogen and oxygen atoms in total. The van der Waals surface area contributed by atoms with Gasteiger partial charge in [0.15, 0.2) is 0 Å². The molecule has 0 heterocycles. The van der Waals surface area contributed by atoms with Gasteiger partial charge in [-0.15, -0.1) is 0 Å². The number of carbonyl (C=O) groups excluding carboxylic acids is 2. The maximum absolute atomic E-state index is 10.7. The second kappa shape index (κ2) is 7.09. The third-order valence-corrected chi connectivity index (χ3v) is 1.31. The van der Waals surface area contributed by atoms with Gasteiger partial charge in [-0.1, -0.05) is 0 Å². The molecular formula is C6H10N4O6. The van der Waals surface area contributed by atoms with Gasteiger partial charge in [0, 0.05) is 22.9 Å². The van der Waals surface area contributed by atoms with E-state index in [2.05, 4.69) is 10.6 Å². The van der Waals surface area contributed by atoms with E-state index in [4.69, 9.17) is 0 Å². The highest BCUT2D eigenvalue weighted by Gasteiger charge is 2.10. The number of nitrogens with one attached hydrogen (secondary N) is 2. The molecule has 0 fully saturated rings. The number of hydrogen-bond acceptors (Lipinski definition) is 6. The Labute approximate surface area is 89.3 Å². The summed E-state index contributed by atoms with van der Waals surface area (Å²) in [5, 5.41) is 24.1. The molecule has 90 valence electrons. The first-order chi connectivity index (χ1) is 7.41. The minimum Gasteiger partial charge on any atom is -0.349 e. The van der Waals surface area contributed by atoms with Crippen LogP contribution < -0.4 is 10.6 Å². The monoisotopic (exact) mass is 234 g/mol. The van der Waals surface area contributed by atoms with Gasteiger partial charge in [0.1, 0.15) is 0 Å². The third-order valence-electron chi connectivity index (χ3n) is 1.31. The van der Waals surface area contributed by atoms with Crippen LogP contribution in [0.5, 0.6) is 0 Å². The molecule has 0 aromatic rings. The topological polar surface area (TPSA) is 144 Å². The van der Waals surface area contributed by atoms with Crippen molar-refractivity contribution in [2.45, 2.75) is 0 Å². The second-order valence-corrected chi connectivity index (χ2v) is 2.68. The Hall–Kier alpha value is -2.26. The molecule has 2 N–H and O–H groups in total. The quantitative estimate of drug-likeness (QED) is 0.289. The fourth-order valence-corrected chi connectivity index (χ4v) is 0.750. The number of nitrogens with zero attached hydrogens (tertiary/aromatic N) is 2. The molecule has 0 aromatic carbocycles. The van der Waals surface area contributed by atoms with Crippen LogP contribution in [0.15, 0.2) is 0 Å². The Morgan fingerprint density at radius 3 is 1.44 bits per heavy atom. The van der Waals surface area contributed by atoms with Crippen LogP contribution in [0.4, 0.5) is 0 Å². The van der Waals surface area contributed by atoms with Gasteiger partial charge >= 0.3 is 0 Å². The average molecular weight is 234 g/mol. The van der Waals surface area contributed by atoms with E-state index >= 15 is 0 Å². The maximum atomic E-state index is 10.7. The minimum atomic E-state index is -0.844. The molecule has 0 rings (SSSR count). The van der Waals surface area contributed by atoms with Crippen molar-refractivity contribution in [3.63, 3.8) is 0 Å². The van der Waals surface area contributed by atoms with Crippen LogP contribution >= 0.6 is 0 Å². The molecule has 2 amide bonds. The number of carbonyl (C=O) groups is 2. The molecule has 0 aliphatic carbocycles. The summed E-state index contributed by atoms with van der Waals surface area (Å²) in [6, 6.07) is 0. The van der Waals surface area contributed by atoms with E-state index in [-0.39, 0.29) is 13.1 Å². The lowest BCUT2D eigenvalue weighted by Gasteiger charge is -2.03. The Kier molecular flexibility index (Phi) is 6.09. The molecule has 0 bridgehead atoms. The highest BCUT2D eigenvalue weighted by atomic mass is 16.6. The summed E-state index contributed by atoms with van der Waals surface area (Å²) in [6.07, 6.45) is 0. The van der Waals surface area contributed by atoms with Gasteiger partial charge in [-0.3, -0.25) is 29.8 Å². The molecular weight excluding hydrogens is 224 g/mol. The van der Waals surface area contributed by atoms with E-state index in [0.717, 1.165) is 0 Å². The average Bonchev–Trinajstić information content (AvgIpc) is 2.10. The van der Waals surface area contributed by atoms with E-state index < -0.39 is 34.8 Å². The Morgan fingerprint density at radius 2 is 1.19 bits per heavy atom. The zero-order valence-electron chi connectivity index (χ0n) is 8.17. The minimum absolute atomic E-state index is 0.0177. The third kappa shape index (κ3) is 8.34. The largest absolute Gasteiger partial charge is 0.349 e. The van der Waals surface area contributed by atoms with Crippen LogP contribution in [-0.4, -0.2) is 47.8 Å². The van der Waals surface area contributed by atoms with Crippen molar-refractivity contribution in [3.05, 3.63) is 20.2 Å². The molecule has 16 heavy (non-hydrogen) atoms. The van der Waals surface area contributed by atoms with E-state index in [1.807, 2.05) is 0 Å². The van der Waals surface area contributed by atoms with Crippen molar-refractivity contribution >= 4 is 11.8 Å². The summed E-state index contributed by atoms with van der Waals surface area (Å²) in [5.74, 6) is -1.57. The predicted octanol–water partition coefficient (Wildman–Crippen LogP) is -2.23. The first kappa shape index (κ1) is 13.7. The van der Waals surface area contributed by atoms with Gasteiger partial charge in [-0.05, 0) is 0 Å². The summed E-state index contributed by atoms with van der Waals surface area (Å²) in [4.78, 5) is 39.6. The molecule has 0 unspecified atom stereocenters. The summed E-state index contributed by atoms with van der Waals surface area (Å²) in [6.45, 7) is -1.72. The van der Waals surface area contributed by atoms with Crippen LogP contribution in [0.1, 0.15) is 0 Å². The molecule has 0 atom stereocenters. The fraction of sp³-hybridized carbons (Fsp3) is 0.667. The SMILES string of the molecule is O=C(C[N+](=O)[O-])NCCNC(=O)C[N+](=O)[O-]. The van der Waals surface area contributed by atoms with Gasteiger partial charge in [0.05, 0.1) is 0 Å². The second-order valence-electron chi connectivity index (χ2n) is 2.68. The molecule has 0 saturated heterocycles. The maximum Gasteiger partial charge on any atom is 0.291 e. The molecule has 10 heteroatoms. The summed E-state index contributed by atoms with van der Waals surface area (Å²) in [7, 11) is 0. The van der Waals surface area contributed by atoms with Crippen molar-refractivity contribution < 1.29 is 19.4 Å². The lowest BCUT2D eigenvalue weighted by Crippen LogP contribution is -2.38. The smallest absolute Gasteiger partial charge is 0.291 e. The van der Waals surface area contributed by atoms with Gasteiger partial charge in [-0.2, -0.15) is 0 Å². The molecule has 0 radical (unpaired) electrons. The van der Waals surface area contributed by atoms with Crippen LogP contribution in [0, 0.1) is 20.2 Å². The first-order valence-corrected chi connectivity index (χ1v) is 4.19. The number of hydrogen-bond donors (Lipinski definition) is 2. The summed E-state index contributed by atoms with van der Waals surface area (Å²) in [5.41, 5.74) is 0. The molecule has 0 spiro atoms. The lowest BCUT2D eigenvalue weighted by atomic mass is 10.5. The number of amides is 2. The number of nitro groups is 2. The van der Waals surface area contributed by atoms with Crippen LogP contribution in [-0.2, 0) is 9.59 Å². The molecule has 0 aliphatic heterocycles. The molecule has 0 saturated carbocycles. The molecule has 0 aromatic heterocycles. The normalized spacial score (nSPS) is 9.25. The van der Waals surface area contributed by atoms with Crippen LogP contribution in [0.2, 0.25) is 0 Å². The van der Waals surface area contributed by atoms with Crippen LogP contribution in [0.3, 0.4) is 0 Å². The van der Waals surface area contributed by atoms with Gasteiger partial charge < -0.3 is 10.6 Å². The fourth-order valence-electron chi connectivity index (χ4n) is 0.750. The van der Waals surface area contributed by atoms with Gasteiger partial charge in [0.2, 0.25) is 0 Å². The summed E-state index contributed by atoms with van der Waals surface area (Å²) < 4.78 is 0. The van der Waals surface area contributed by atoms with Crippen molar-refractivity contribution in [3.8, 4) is 0 Å². The Balaban J connectivity index is 3.53. The van der Waals surface area contributed by atoms with Crippen molar-refractivity contribution in [2.24, 2.45) is 0 Å². The zero-order valence-corrected chi connectivity index (χ0v) is 8.17. The van der Waals surface area contributed by atoms with Gasteiger partial charge in [-0.25, -0.2) is 0 Å². The Morgan fingerprint density at radius 1 is 0.875 bits per heavy atom. The zero-order chi connectivity index (χ0) is 12.6. The van der Waals surface area contributed by atoms with E-state index in [1.54, 1.807) is 0 Å². The highest BCUT2D eigenvalue weighted by molar-refractivity contribution is 5.78. The Bertz CT molecular complexity index is 273. The van der Waals surface area contributed by atoms with E-state index in [1.165, 1.54) is 0 Å². The van der Waals surface area contributed by atoms with Gasteiger partial charge in [0.25, 0.3) is 24.9 Å². The van der Waals surface area contributed by atoms with E-state index in [9.17, 15) is 29.8 Å². The summed E-state index contributed by atoms with van der Waals surface area (Å²) >= 11 is 0. The standard InChI is InChI=1S/C6H10N4O6/c11-5(3-9(13)14)7-1-2-8-6(12)4-10(15)16/h1-4H2,(H,7,11)(H,8,12). The van der Waals surface area contributed by atoms with Crippen molar-refractivity contribution in [2.75, 3.05) is 26.2 Å². The predicted molar refractivity (Wildman–Crippen MR) is 49.7 cm³/mol. The van der Waals surface area contributed by atoms with Crippen molar-refractivity contribution in [1.29, 1.82) is 0 Å². The lowest BCUT2D eigenvalue weighted by molar-refractivity contribution is -0.467. The molecule has 0 aliphatic rings. The van der Waals surface area contributed by atoms with Crippen molar-refractivity contribution in [1.82, 2.24) is 10.6 Å². The van der Waals surface area contributed by atoms with E-state index in [0.29, 0.717) is 0 Å². The highest BCUT2D eigenvalue weighted by Crippen LogP contribution is 1.72.